The summed E-state index contributed by atoms with van der Waals surface area (Å²) in [7, 11) is 4.08. The quantitative estimate of drug-likeness (QED) is 0.607. The van der Waals surface area contributed by atoms with Crippen molar-refractivity contribution in [3.63, 3.8) is 0 Å². The molecule has 1 atom stereocenters. The molecular weight excluding hydrogens is 138 g/mol. The Morgan fingerprint density at radius 1 is 1.36 bits per heavy atom. The highest BCUT2D eigenvalue weighted by atomic mass is 15.1. The Morgan fingerprint density at radius 2 is 1.82 bits per heavy atom. The molecule has 4 N–H and O–H groups in total. The summed E-state index contributed by atoms with van der Waals surface area (Å²) in [6, 6.07) is 0.0879. The first-order chi connectivity index (χ1) is 4.84. The van der Waals surface area contributed by atoms with Gasteiger partial charge in [0.15, 0.2) is 0 Å². The average Bonchev–Trinajstić information content (AvgIpc) is 1.80. The minimum Gasteiger partial charge on any atom is -0.326 e. The number of nitrogens with two attached hydrogens (primary N) is 2. The van der Waals surface area contributed by atoms with E-state index < -0.39 is 0 Å². The van der Waals surface area contributed by atoms with Crippen molar-refractivity contribution in [2.24, 2.45) is 11.5 Å². The van der Waals surface area contributed by atoms with Crippen LogP contribution in [0.25, 0.3) is 0 Å². The van der Waals surface area contributed by atoms with Crippen molar-refractivity contribution in [2.45, 2.75) is 31.8 Å². The van der Waals surface area contributed by atoms with E-state index >= 15 is 0 Å². The molecule has 0 spiro atoms. The number of hydrogen-bond donors (Lipinski definition) is 2. The molecule has 0 aromatic heterocycles. The maximum atomic E-state index is 5.85. The summed E-state index contributed by atoms with van der Waals surface area (Å²) in [6.07, 6.45) is 0.955. The number of nitrogens with zero attached hydrogens (tertiary/aromatic N) is 1. The molecule has 11 heavy (non-hydrogen) atoms. The molecule has 0 fully saturated rings. The highest BCUT2D eigenvalue weighted by Gasteiger charge is 2.20. The van der Waals surface area contributed by atoms with E-state index in [1.807, 2.05) is 27.9 Å². The third-order valence-corrected chi connectivity index (χ3v) is 1.84. The molecule has 0 amide bonds. The average molecular weight is 159 g/mol. The maximum Gasteiger partial charge on any atom is 0.0250 e. The Morgan fingerprint density at radius 3 is 2.09 bits per heavy atom. The minimum atomic E-state index is -0.254. The van der Waals surface area contributed by atoms with Crippen molar-refractivity contribution in [2.75, 3.05) is 20.6 Å². The lowest BCUT2D eigenvalue weighted by molar-refractivity contribution is 0.326. The van der Waals surface area contributed by atoms with Crippen LogP contribution in [-0.2, 0) is 0 Å². The molecule has 0 rings (SSSR count). The lowest BCUT2D eigenvalue weighted by atomic mass is 9.94. The highest BCUT2D eigenvalue weighted by Crippen LogP contribution is 2.05. The van der Waals surface area contributed by atoms with Gasteiger partial charge in [0.1, 0.15) is 0 Å². The molecule has 0 aromatic carbocycles. The van der Waals surface area contributed by atoms with Crippen molar-refractivity contribution < 1.29 is 0 Å². The molecule has 0 aromatic rings. The van der Waals surface area contributed by atoms with E-state index in [4.69, 9.17) is 11.5 Å². The van der Waals surface area contributed by atoms with E-state index in [0.717, 1.165) is 13.0 Å². The third kappa shape index (κ3) is 5.18. The third-order valence-electron chi connectivity index (χ3n) is 1.84. The fraction of sp³-hybridized carbons (Fsp3) is 1.00. The molecule has 0 bridgehead atoms. The van der Waals surface area contributed by atoms with E-state index in [0.29, 0.717) is 0 Å². The van der Waals surface area contributed by atoms with Crippen LogP contribution >= 0.6 is 0 Å². The van der Waals surface area contributed by atoms with Gasteiger partial charge >= 0.3 is 0 Å². The van der Waals surface area contributed by atoms with Gasteiger partial charge in [0.2, 0.25) is 0 Å². The second-order valence-corrected chi connectivity index (χ2v) is 4.02. The van der Waals surface area contributed by atoms with Gasteiger partial charge in [0.05, 0.1) is 0 Å². The van der Waals surface area contributed by atoms with Crippen LogP contribution in [0.4, 0.5) is 0 Å². The Hall–Kier alpha value is -0.120. The van der Waals surface area contributed by atoms with Crippen molar-refractivity contribution in [1.82, 2.24) is 4.90 Å². The SMILES string of the molecule is CN(C)CCC(N)C(C)(C)N. The van der Waals surface area contributed by atoms with Gasteiger partial charge in [-0.2, -0.15) is 0 Å². The van der Waals surface area contributed by atoms with Gasteiger partial charge in [-0.15, -0.1) is 0 Å². The van der Waals surface area contributed by atoms with Gasteiger partial charge in [-0.25, -0.2) is 0 Å². The monoisotopic (exact) mass is 159 g/mol. The standard InChI is InChI=1S/C8H21N3/c1-8(2,10)7(9)5-6-11(3)4/h7H,5-6,9-10H2,1-4H3. The molecule has 0 radical (unpaired) electrons. The molecule has 68 valence electrons. The predicted octanol–water partition coefficient (Wildman–Crippen LogP) is 0.00270. The smallest absolute Gasteiger partial charge is 0.0250 e. The van der Waals surface area contributed by atoms with Crippen LogP contribution < -0.4 is 11.5 Å². The number of hydrogen-bond acceptors (Lipinski definition) is 3. The Labute approximate surface area is 69.7 Å². The molecule has 3 heteroatoms. The van der Waals surface area contributed by atoms with Crippen molar-refractivity contribution >= 4 is 0 Å². The molecule has 0 aliphatic carbocycles. The van der Waals surface area contributed by atoms with Crippen LogP contribution in [0, 0.1) is 0 Å². The summed E-state index contributed by atoms with van der Waals surface area (Å²) in [5.41, 5.74) is 11.4. The van der Waals surface area contributed by atoms with Gasteiger partial charge in [0.25, 0.3) is 0 Å². The topological polar surface area (TPSA) is 55.3 Å². The van der Waals surface area contributed by atoms with Crippen molar-refractivity contribution in [1.29, 1.82) is 0 Å². The van der Waals surface area contributed by atoms with E-state index in [9.17, 15) is 0 Å². The Kier molecular flexibility index (Phi) is 4.00. The largest absolute Gasteiger partial charge is 0.326 e. The highest BCUT2D eigenvalue weighted by molar-refractivity contribution is 4.85. The van der Waals surface area contributed by atoms with Gasteiger partial charge in [-0.05, 0) is 40.9 Å². The molecule has 0 aliphatic rings. The van der Waals surface area contributed by atoms with Crippen LogP contribution in [0.1, 0.15) is 20.3 Å². The second kappa shape index (κ2) is 4.04. The Bertz CT molecular complexity index is 104. The second-order valence-electron chi connectivity index (χ2n) is 4.02. The summed E-state index contributed by atoms with van der Waals surface area (Å²) < 4.78 is 0. The van der Waals surface area contributed by atoms with Crippen molar-refractivity contribution in [3.8, 4) is 0 Å². The summed E-state index contributed by atoms with van der Waals surface area (Å²) in [4.78, 5) is 2.12. The molecule has 3 nitrogen and oxygen atoms in total. The maximum absolute atomic E-state index is 5.85. The lowest BCUT2D eigenvalue weighted by Crippen LogP contribution is -2.51. The zero-order valence-corrected chi connectivity index (χ0v) is 8.09. The van der Waals surface area contributed by atoms with Gasteiger partial charge in [-0.1, -0.05) is 0 Å². The van der Waals surface area contributed by atoms with E-state index in [-0.39, 0.29) is 11.6 Å². The van der Waals surface area contributed by atoms with Crippen LogP contribution in [0.2, 0.25) is 0 Å². The fourth-order valence-corrected chi connectivity index (χ4v) is 0.769. The van der Waals surface area contributed by atoms with Crippen LogP contribution in [0.15, 0.2) is 0 Å². The number of rotatable bonds is 4. The van der Waals surface area contributed by atoms with Gasteiger partial charge < -0.3 is 16.4 Å². The normalized spacial score (nSPS) is 15.5. The Balaban J connectivity index is 3.61. The van der Waals surface area contributed by atoms with Gasteiger partial charge in [0, 0.05) is 11.6 Å². The molecular formula is C8H21N3. The first-order valence-corrected chi connectivity index (χ1v) is 4.03. The van der Waals surface area contributed by atoms with E-state index in [2.05, 4.69) is 4.90 Å². The van der Waals surface area contributed by atoms with Crippen LogP contribution in [-0.4, -0.2) is 37.1 Å². The predicted molar refractivity (Wildman–Crippen MR) is 49.4 cm³/mol. The zero-order chi connectivity index (χ0) is 9.07. The van der Waals surface area contributed by atoms with E-state index in [1.165, 1.54) is 0 Å². The van der Waals surface area contributed by atoms with E-state index in [1.54, 1.807) is 0 Å². The summed E-state index contributed by atoms with van der Waals surface area (Å²) in [6.45, 7) is 4.93. The molecule has 0 heterocycles. The zero-order valence-electron chi connectivity index (χ0n) is 8.09. The summed E-state index contributed by atoms with van der Waals surface area (Å²) in [5, 5.41) is 0. The summed E-state index contributed by atoms with van der Waals surface area (Å²) >= 11 is 0. The molecule has 0 aliphatic heterocycles. The summed E-state index contributed by atoms with van der Waals surface area (Å²) in [5.74, 6) is 0. The first kappa shape index (κ1) is 10.9. The molecule has 0 saturated heterocycles. The lowest BCUT2D eigenvalue weighted by Gasteiger charge is -2.27. The van der Waals surface area contributed by atoms with Crippen LogP contribution in [0.3, 0.4) is 0 Å². The van der Waals surface area contributed by atoms with Gasteiger partial charge in [-0.3, -0.25) is 0 Å². The van der Waals surface area contributed by atoms with Crippen molar-refractivity contribution in [3.05, 3.63) is 0 Å². The first-order valence-electron chi connectivity index (χ1n) is 4.03. The van der Waals surface area contributed by atoms with Crippen LogP contribution in [0.5, 0.6) is 0 Å². The molecule has 0 saturated carbocycles. The fourth-order valence-electron chi connectivity index (χ4n) is 0.769. The minimum absolute atomic E-state index is 0.0879. The molecule has 1 unspecified atom stereocenters.